The minimum atomic E-state index is -0.603. The Kier molecular flexibility index (Phi) is 4.52. The maximum absolute atomic E-state index is 10.3. The van der Waals surface area contributed by atoms with E-state index in [1.54, 1.807) is 18.0 Å². The normalized spacial score (nSPS) is 12.4. The summed E-state index contributed by atoms with van der Waals surface area (Å²) in [5.74, 6) is 0.796. The van der Waals surface area contributed by atoms with Gasteiger partial charge in [0.2, 0.25) is 0 Å². The Morgan fingerprint density at radius 2 is 2.26 bits per heavy atom. The Morgan fingerprint density at radius 3 is 3.00 bits per heavy atom. The molecule has 1 unspecified atom stereocenters. The molecule has 0 amide bonds. The summed E-state index contributed by atoms with van der Waals surface area (Å²) < 4.78 is 6.93. The first-order valence-electron chi connectivity index (χ1n) is 6.44. The van der Waals surface area contributed by atoms with Crippen molar-refractivity contribution in [2.24, 2.45) is 0 Å². The van der Waals surface area contributed by atoms with Crippen LogP contribution in [-0.2, 0) is 13.0 Å². The summed E-state index contributed by atoms with van der Waals surface area (Å²) in [6.45, 7) is 2.84. The number of methoxy groups -OCH3 is 1. The van der Waals surface area contributed by atoms with Crippen molar-refractivity contribution in [1.82, 2.24) is 15.0 Å². The molecule has 1 heterocycles. The van der Waals surface area contributed by atoms with E-state index in [4.69, 9.17) is 4.74 Å². The van der Waals surface area contributed by atoms with E-state index < -0.39 is 6.10 Å². The molecule has 1 aromatic heterocycles. The van der Waals surface area contributed by atoms with Gasteiger partial charge in [0, 0.05) is 13.0 Å². The summed E-state index contributed by atoms with van der Waals surface area (Å²) in [5, 5.41) is 18.1. The fraction of sp³-hybridized carbons (Fsp3) is 0.429. The first-order chi connectivity index (χ1) is 9.24. The molecule has 1 aromatic carbocycles. The molecule has 1 N–H and O–H groups in total. The molecule has 0 saturated heterocycles. The number of hydrogen-bond donors (Lipinski definition) is 1. The van der Waals surface area contributed by atoms with Gasteiger partial charge in [0.15, 0.2) is 0 Å². The molecule has 0 aliphatic heterocycles. The molecule has 5 heteroatoms. The zero-order chi connectivity index (χ0) is 13.7. The highest BCUT2D eigenvalue weighted by molar-refractivity contribution is 5.29. The lowest BCUT2D eigenvalue weighted by molar-refractivity contribution is 0.166. The second-order valence-electron chi connectivity index (χ2n) is 4.45. The number of aliphatic hydroxyl groups excluding tert-OH is 1. The molecule has 2 rings (SSSR count). The van der Waals surface area contributed by atoms with Gasteiger partial charge in [-0.15, -0.1) is 5.10 Å². The smallest absolute Gasteiger partial charge is 0.119 e. The summed E-state index contributed by atoms with van der Waals surface area (Å²) in [6.07, 6.45) is 2.51. The zero-order valence-corrected chi connectivity index (χ0v) is 11.3. The monoisotopic (exact) mass is 261 g/mol. The van der Waals surface area contributed by atoms with Crippen LogP contribution < -0.4 is 4.74 Å². The van der Waals surface area contributed by atoms with Crippen LogP contribution in [0.4, 0.5) is 0 Å². The quantitative estimate of drug-likeness (QED) is 0.863. The highest BCUT2D eigenvalue weighted by Gasteiger charge is 2.14. The van der Waals surface area contributed by atoms with Crippen molar-refractivity contribution in [2.75, 3.05) is 7.11 Å². The van der Waals surface area contributed by atoms with E-state index in [-0.39, 0.29) is 0 Å². The predicted octanol–water partition coefficient (Wildman–Crippen LogP) is 1.97. The topological polar surface area (TPSA) is 60.2 Å². The van der Waals surface area contributed by atoms with Gasteiger partial charge in [-0.1, -0.05) is 24.3 Å². The highest BCUT2D eigenvalue weighted by Crippen LogP contribution is 2.20. The van der Waals surface area contributed by atoms with Gasteiger partial charge in [-0.2, -0.15) is 0 Å². The van der Waals surface area contributed by atoms with Crippen LogP contribution in [0.1, 0.15) is 30.7 Å². The minimum absolute atomic E-state index is 0.522. The lowest BCUT2D eigenvalue weighted by Crippen LogP contribution is -2.11. The van der Waals surface area contributed by atoms with Crippen LogP contribution in [0.25, 0.3) is 0 Å². The number of rotatable bonds is 6. The van der Waals surface area contributed by atoms with E-state index in [9.17, 15) is 5.11 Å². The van der Waals surface area contributed by atoms with Crippen LogP contribution in [0.2, 0.25) is 0 Å². The van der Waals surface area contributed by atoms with Gasteiger partial charge in [0.05, 0.1) is 19.0 Å². The summed E-state index contributed by atoms with van der Waals surface area (Å²) in [6, 6.07) is 7.71. The Labute approximate surface area is 112 Å². The minimum Gasteiger partial charge on any atom is -0.497 e. The summed E-state index contributed by atoms with van der Waals surface area (Å²) in [7, 11) is 1.63. The lowest BCUT2D eigenvalue weighted by atomic mass is 10.1. The SMILES string of the molecule is CCCn1nncc1C(O)Cc1cccc(OC)c1. The van der Waals surface area contributed by atoms with Crippen molar-refractivity contribution in [3.8, 4) is 5.75 Å². The molecule has 0 spiro atoms. The number of nitrogens with zero attached hydrogens (tertiary/aromatic N) is 3. The number of aromatic nitrogens is 3. The molecular formula is C14H19N3O2. The third-order valence-electron chi connectivity index (χ3n) is 2.99. The Balaban J connectivity index is 2.11. The van der Waals surface area contributed by atoms with Gasteiger partial charge >= 0.3 is 0 Å². The van der Waals surface area contributed by atoms with Crippen molar-refractivity contribution in [2.45, 2.75) is 32.4 Å². The fourth-order valence-electron chi connectivity index (χ4n) is 2.04. The van der Waals surface area contributed by atoms with Gasteiger partial charge in [0.25, 0.3) is 0 Å². The molecule has 0 radical (unpaired) electrons. The number of hydrogen-bond acceptors (Lipinski definition) is 4. The van der Waals surface area contributed by atoms with E-state index in [0.29, 0.717) is 6.42 Å². The Hall–Kier alpha value is -1.88. The largest absolute Gasteiger partial charge is 0.497 e. The van der Waals surface area contributed by atoms with Crippen LogP contribution in [0, 0.1) is 0 Å². The van der Waals surface area contributed by atoms with Crippen LogP contribution in [0.15, 0.2) is 30.5 Å². The molecule has 5 nitrogen and oxygen atoms in total. The van der Waals surface area contributed by atoms with Crippen molar-refractivity contribution in [3.63, 3.8) is 0 Å². The number of ether oxygens (including phenoxy) is 1. The van der Waals surface area contributed by atoms with E-state index in [1.807, 2.05) is 24.3 Å². The molecule has 0 saturated carbocycles. The first-order valence-corrected chi connectivity index (χ1v) is 6.44. The van der Waals surface area contributed by atoms with Crippen LogP contribution in [0.3, 0.4) is 0 Å². The van der Waals surface area contributed by atoms with Crippen molar-refractivity contribution >= 4 is 0 Å². The molecule has 19 heavy (non-hydrogen) atoms. The van der Waals surface area contributed by atoms with Crippen molar-refractivity contribution in [1.29, 1.82) is 0 Å². The average molecular weight is 261 g/mol. The Morgan fingerprint density at radius 1 is 1.42 bits per heavy atom. The van der Waals surface area contributed by atoms with E-state index in [1.165, 1.54) is 0 Å². The molecule has 1 atom stereocenters. The molecule has 0 fully saturated rings. The zero-order valence-electron chi connectivity index (χ0n) is 11.3. The van der Waals surface area contributed by atoms with E-state index in [2.05, 4.69) is 17.2 Å². The van der Waals surface area contributed by atoms with Gasteiger partial charge in [-0.25, -0.2) is 4.68 Å². The summed E-state index contributed by atoms with van der Waals surface area (Å²) in [4.78, 5) is 0. The molecular weight excluding hydrogens is 242 g/mol. The summed E-state index contributed by atoms with van der Waals surface area (Å²) in [5.41, 5.74) is 1.78. The number of aryl methyl sites for hydroxylation is 1. The second kappa shape index (κ2) is 6.33. The van der Waals surface area contributed by atoms with Crippen molar-refractivity contribution < 1.29 is 9.84 Å². The Bertz CT molecular complexity index is 525. The third kappa shape index (κ3) is 3.32. The van der Waals surface area contributed by atoms with Gasteiger partial charge < -0.3 is 9.84 Å². The van der Waals surface area contributed by atoms with Crippen LogP contribution >= 0.6 is 0 Å². The standard InChI is InChI=1S/C14H19N3O2/c1-3-7-17-13(10-15-16-17)14(18)9-11-5-4-6-12(8-11)19-2/h4-6,8,10,14,18H,3,7,9H2,1-2H3. The predicted molar refractivity (Wildman–Crippen MR) is 72.0 cm³/mol. The van der Waals surface area contributed by atoms with Crippen LogP contribution in [0.5, 0.6) is 5.75 Å². The third-order valence-corrected chi connectivity index (χ3v) is 2.99. The highest BCUT2D eigenvalue weighted by atomic mass is 16.5. The molecule has 0 aliphatic carbocycles. The lowest BCUT2D eigenvalue weighted by Gasteiger charge is -2.12. The second-order valence-corrected chi connectivity index (χ2v) is 4.45. The van der Waals surface area contributed by atoms with E-state index in [0.717, 1.165) is 30.0 Å². The first kappa shape index (κ1) is 13.5. The maximum atomic E-state index is 10.3. The molecule has 102 valence electrons. The maximum Gasteiger partial charge on any atom is 0.119 e. The fourth-order valence-corrected chi connectivity index (χ4v) is 2.04. The van der Waals surface area contributed by atoms with Gasteiger partial charge in [-0.05, 0) is 24.1 Å². The molecule has 0 bridgehead atoms. The van der Waals surface area contributed by atoms with Crippen LogP contribution in [-0.4, -0.2) is 27.2 Å². The van der Waals surface area contributed by atoms with Gasteiger partial charge in [0.1, 0.15) is 11.9 Å². The van der Waals surface area contributed by atoms with Crippen molar-refractivity contribution in [3.05, 3.63) is 41.7 Å². The van der Waals surface area contributed by atoms with Gasteiger partial charge in [-0.3, -0.25) is 0 Å². The molecule has 0 aliphatic rings. The average Bonchev–Trinajstić information content (AvgIpc) is 2.88. The molecule has 2 aromatic rings. The number of aliphatic hydroxyl groups is 1. The summed E-state index contributed by atoms with van der Waals surface area (Å²) >= 11 is 0. The number of benzene rings is 1. The van der Waals surface area contributed by atoms with E-state index >= 15 is 0 Å².